The molecule has 1 saturated heterocycles. The summed E-state index contributed by atoms with van der Waals surface area (Å²) in [6.45, 7) is 0.584. The maximum Gasteiger partial charge on any atom is 0.320 e. The van der Waals surface area contributed by atoms with E-state index in [1.807, 2.05) is 6.07 Å². The number of nitrogens with zero attached hydrogens (tertiary/aromatic N) is 3. The number of carbonyl (C=O) groups is 4. The Balaban J connectivity index is 1.40. The molecule has 2 aromatic rings. The first kappa shape index (κ1) is 19.6. The lowest BCUT2D eigenvalue weighted by molar-refractivity contribution is -0.150. The second-order valence-electron chi connectivity index (χ2n) is 7.29. The quantitative estimate of drug-likeness (QED) is 0.746. The molecule has 0 radical (unpaired) electrons. The molecule has 4 rings (SSSR count). The molecule has 1 atom stereocenters. The van der Waals surface area contributed by atoms with Gasteiger partial charge in [0.1, 0.15) is 11.9 Å². The number of pyridine rings is 1. The number of urea groups is 1. The standard InChI is InChI=1S/C21H21N5O4/c1-25-18(27)8-7-16(20(25)29)26-12-14-10-13(5-6-15(14)19(26)28)11-23-21(30)24-17-4-2-3-9-22-17/h2-6,9-10,16H,7-8,11-12H2,1H3,(H2,22,23,24,30). The van der Waals surface area contributed by atoms with Gasteiger partial charge in [-0.3, -0.25) is 24.6 Å². The Morgan fingerprint density at radius 1 is 1.20 bits per heavy atom. The summed E-state index contributed by atoms with van der Waals surface area (Å²) in [5.74, 6) is -0.331. The fraction of sp³-hybridized carbons (Fsp3) is 0.286. The van der Waals surface area contributed by atoms with Gasteiger partial charge in [-0.1, -0.05) is 18.2 Å². The predicted octanol–water partition coefficient (Wildman–Crippen LogP) is 1.51. The highest BCUT2D eigenvalue weighted by Gasteiger charge is 2.41. The molecule has 3 heterocycles. The molecule has 0 saturated carbocycles. The largest absolute Gasteiger partial charge is 0.334 e. The Morgan fingerprint density at radius 3 is 2.80 bits per heavy atom. The van der Waals surface area contributed by atoms with Crippen LogP contribution in [0.25, 0.3) is 0 Å². The number of amides is 5. The Labute approximate surface area is 173 Å². The molecule has 154 valence electrons. The van der Waals surface area contributed by atoms with Crippen molar-refractivity contribution in [3.8, 4) is 0 Å². The summed E-state index contributed by atoms with van der Waals surface area (Å²) >= 11 is 0. The van der Waals surface area contributed by atoms with Crippen LogP contribution in [0.2, 0.25) is 0 Å². The van der Waals surface area contributed by atoms with Gasteiger partial charge in [-0.05, 0) is 35.7 Å². The first-order chi connectivity index (χ1) is 14.4. The van der Waals surface area contributed by atoms with Gasteiger partial charge >= 0.3 is 6.03 Å². The van der Waals surface area contributed by atoms with Crippen molar-refractivity contribution < 1.29 is 19.2 Å². The fourth-order valence-electron chi connectivity index (χ4n) is 3.72. The summed E-state index contributed by atoms with van der Waals surface area (Å²) in [4.78, 5) is 55.7. The van der Waals surface area contributed by atoms with Crippen LogP contribution < -0.4 is 10.6 Å². The van der Waals surface area contributed by atoms with Crippen molar-refractivity contribution >= 4 is 29.6 Å². The van der Waals surface area contributed by atoms with Crippen molar-refractivity contribution in [2.24, 2.45) is 0 Å². The lowest BCUT2D eigenvalue weighted by atomic mass is 10.0. The van der Waals surface area contributed by atoms with Crippen molar-refractivity contribution in [1.29, 1.82) is 0 Å². The highest BCUT2D eigenvalue weighted by Crippen LogP contribution is 2.29. The third kappa shape index (κ3) is 3.73. The summed E-state index contributed by atoms with van der Waals surface area (Å²) in [5, 5.41) is 5.40. The van der Waals surface area contributed by atoms with Gasteiger partial charge in [0.2, 0.25) is 5.91 Å². The minimum absolute atomic E-state index is 0.210. The molecule has 5 amide bonds. The number of piperidine rings is 1. The number of anilines is 1. The number of hydrogen-bond donors (Lipinski definition) is 2. The zero-order valence-electron chi connectivity index (χ0n) is 16.4. The van der Waals surface area contributed by atoms with E-state index in [-0.39, 0.29) is 36.7 Å². The van der Waals surface area contributed by atoms with Gasteiger partial charge in [-0.15, -0.1) is 0 Å². The van der Waals surface area contributed by atoms with Crippen molar-refractivity contribution in [1.82, 2.24) is 20.1 Å². The molecule has 2 aliphatic heterocycles. The number of carbonyl (C=O) groups excluding carboxylic acids is 4. The molecule has 1 unspecified atom stereocenters. The Morgan fingerprint density at radius 2 is 2.03 bits per heavy atom. The molecule has 30 heavy (non-hydrogen) atoms. The zero-order chi connectivity index (χ0) is 21.3. The summed E-state index contributed by atoms with van der Waals surface area (Å²) < 4.78 is 0. The maximum atomic E-state index is 12.8. The number of fused-ring (bicyclic) bond motifs is 1. The molecule has 0 bridgehead atoms. The van der Waals surface area contributed by atoms with E-state index in [0.717, 1.165) is 16.0 Å². The lowest BCUT2D eigenvalue weighted by Gasteiger charge is -2.33. The van der Waals surface area contributed by atoms with Crippen molar-refractivity contribution in [2.75, 3.05) is 12.4 Å². The fourth-order valence-corrected chi connectivity index (χ4v) is 3.72. The zero-order valence-corrected chi connectivity index (χ0v) is 16.4. The molecule has 0 spiro atoms. The molecule has 1 aromatic carbocycles. The molecule has 1 aromatic heterocycles. The van der Waals surface area contributed by atoms with E-state index in [9.17, 15) is 19.2 Å². The van der Waals surface area contributed by atoms with Gasteiger partial charge in [0.25, 0.3) is 11.8 Å². The van der Waals surface area contributed by atoms with E-state index in [1.54, 1.807) is 36.5 Å². The summed E-state index contributed by atoms with van der Waals surface area (Å²) in [6, 6.07) is 9.56. The number of aromatic nitrogens is 1. The van der Waals surface area contributed by atoms with Crippen molar-refractivity contribution in [2.45, 2.75) is 32.0 Å². The van der Waals surface area contributed by atoms with E-state index in [1.165, 1.54) is 11.9 Å². The number of benzene rings is 1. The highest BCUT2D eigenvalue weighted by atomic mass is 16.2. The average molecular weight is 407 g/mol. The molecule has 0 aliphatic carbocycles. The van der Waals surface area contributed by atoms with E-state index < -0.39 is 6.04 Å². The molecule has 2 N–H and O–H groups in total. The second kappa shape index (κ2) is 7.94. The van der Waals surface area contributed by atoms with Gasteiger partial charge in [0.05, 0.1) is 0 Å². The summed E-state index contributed by atoms with van der Waals surface area (Å²) in [5.41, 5.74) is 2.18. The van der Waals surface area contributed by atoms with Crippen LogP contribution >= 0.6 is 0 Å². The molecule has 1 fully saturated rings. The highest BCUT2D eigenvalue weighted by molar-refractivity contribution is 6.05. The van der Waals surface area contributed by atoms with Crippen LogP contribution in [0.3, 0.4) is 0 Å². The van der Waals surface area contributed by atoms with E-state index in [0.29, 0.717) is 24.3 Å². The van der Waals surface area contributed by atoms with Gasteiger partial charge in [-0.2, -0.15) is 0 Å². The molecule has 9 heteroatoms. The number of rotatable bonds is 4. The predicted molar refractivity (Wildman–Crippen MR) is 107 cm³/mol. The first-order valence-corrected chi connectivity index (χ1v) is 9.63. The van der Waals surface area contributed by atoms with Crippen molar-refractivity contribution in [3.63, 3.8) is 0 Å². The van der Waals surface area contributed by atoms with E-state index >= 15 is 0 Å². The van der Waals surface area contributed by atoms with Crippen LogP contribution in [-0.2, 0) is 22.7 Å². The Bertz CT molecular complexity index is 1020. The third-order valence-corrected chi connectivity index (χ3v) is 5.36. The van der Waals surface area contributed by atoms with Crippen LogP contribution in [-0.4, -0.2) is 51.6 Å². The number of hydrogen-bond acceptors (Lipinski definition) is 5. The van der Waals surface area contributed by atoms with Crippen LogP contribution in [0.1, 0.15) is 34.3 Å². The van der Waals surface area contributed by atoms with Gasteiger partial charge in [0, 0.05) is 38.3 Å². The third-order valence-electron chi connectivity index (χ3n) is 5.36. The number of likely N-dealkylation sites (tertiary alicyclic amines) is 1. The van der Waals surface area contributed by atoms with E-state index in [2.05, 4.69) is 15.6 Å². The van der Waals surface area contributed by atoms with Crippen molar-refractivity contribution in [3.05, 3.63) is 59.3 Å². The summed E-state index contributed by atoms with van der Waals surface area (Å²) in [6.07, 6.45) is 2.17. The van der Waals surface area contributed by atoms with Crippen LogP contribution in [0.5, 0.6) is 0 Å². The molecular formula is C21H21N5O4. The number of nitrogens with one attached hydrogen (secondary N) is 2. The summed E-state index contributed by atoms with van der Waals surface area (Å²) in [7, 11) is 1.45. The topological polar surface area (TPSA) is 112 Å². The number of likely N-dealkylation sites (N-methyl/N-ethyl adjacent to an activating group) is 1. The Kier molecular flexibility index (Phi) is 5.18. The monoisotopic (exact) mass is 407 g/mol. The Hall–Kier alpha value is -3.75. The average Bonchev–Trinajstić information content (AvgIpc) is 3.07. The normalized spacial score (nSPS) is 18.4. The van der Waals surface area contributed by atoms with Crippen LogP contribution in [0.4, 0.5) is 10.6 Å². The van der Waals surface area contributed by atoms with Gasteiger partial charge < -0.3 is 10.2 Å². The molecule has 9 nitrogen and oxygen atoms in total. The smallest absolute Gasteiger partial charge is 0.320 e. The molecule has 2 aliphatic rings. The van der Waals surface area contributed by atoms with E-state index in [4.69, 9.17) is 0 Å². The SMILES string of the molecule is CN1C(=O)CCC(N2Cc3cc(CNC(=O)Nc4ccccn4)ccc3C2=O)C1=O. The number of imide groups is 1. The first-order valence-electron chi connectivity index (χ1n) is 9.63. The lowest BCUT2D eigenvalue weighted by Crippen LogP contribution is -2.53. The maximum absolute atomic E-state index is 12.8. The molecular weight excluding hydrogens is 386 g/mol. The van der Waals surface area contributed by atoms with Crippen LogP contribution in [0.15, 0.2) is 42.6 Å². The minimum atomic E-state index is -0.627. The van der Waals surface area contributed by atoms with Gasteiger partial charge in [0.15, 0.2) is 0 Å². The minimum Gasteiger partial charge on any atom is -0.334 e. The van der Waals surface area contributed by atoms with Gasteiger partial charge in [-0.25, -0.2) is 9.78 Å². The second-order valence-corrected chi connectivity index (χ2v) is 7.29. The van der Waals surface area contributed by atoms with Crippen LogP contribution in [0, 0.1) is 0 Å².